The number of benzene rings is 1. The molecule has 0 aliphatic rings. The molecule has 4 nitrogen and oxygen atoms in total. The number of hydrogen-bond acceptors (Lipinski definition) is 4. The third kappa shape index (κ3) is 3.13. The van der Waals surface area contributed by atoms with Crippen LogP contribution < -0.4 is 5.01 Å². The summed E-state index contributed by atoms with van der Waals surface area (Å²) in [6, 6.07) is 8.17. The molecule has 16 heavy (non-hydrogen) atoms. The van der Waals surface area contributed by atoms with Gasteiger partial charge in [0.05, 0.1) is 5.69 Å². The molecule has 80 valence electrons. The number of anilines is 1. The summed E-state index contributed by atoms with van der Waals surface area (Å²) in [5.41, 5.74) is 0.360. The summed E-state index contributed by atoms with van der Waals surface area (Å²) in [6.07, 6.45) is 0. The average molecular weight is 253 g/mol. The molecule has 0 saturated heterocycles. The monoisotopic (exact) mass is 252 g/mol. The Kier molecular flexibility index (Phi) is 4.13. The van der Waals surface area contributed by atoms with E-state index in [2.05, 4.69) is 5.10 Å². The van der Waals surface area contributed by atoms with Crippen LogP contribution in [0.2, 0.25) is 10.0 Å². The molecule has 0 unspecified atom stereocenters. The van der Waals surface area contributed by atoms with Gasteiger partial charge in [-0.05, 0) is 18.2 Å². The van der Waals surface area contributed by atoms with Crippen LogP contribution in [0, 0.1) is 22.7 Å². The maximum absolute atomic E-state index is 8.55. The summed E-state index contributed by atoms with van der Waals surface area (Å²) in [6.45, 7) is 0. The highest BCUT2D eigenvalue weighted by molar-refractivity contribution is 6.35. The van der Waals surface area contributed by atoms with Crippen LogP contribution in [0.15, 0.2) is 23.3 Å². The van der Waals surface area contributed by atoms with Gasteiger partial charge in [-0.2, -0.15) is 15.6 Å². The topological polar surface area (TPSA) is 63.2 Å². The van der Waals surface area contributed by atoms with Crippen molar-refractivity contribution in [1.82, 2.24) is 0 Å². The summed E-state index contributed by atoms with van der Waals surface area (Å²) in [4.78, 5) is 0. The van der Waals surface area contributed by atoms with Crippen LogP contribution in [-0.4, -0.2) is 12.8 Å². The first-order valence-corrected chi connectivity index (χ1v) is 4.91. The molecular formula is C10H6Cl2N4. The predicted octanol–water partition coefficient (Wildman–Crippen LogP) is 2.83. The number of hydrogen-bond donors (Lipinski definition) is 0. The van der Waals surface area contributed by atoms with Crippen molar-refractivity contribution in [2.24, 2.45) is 5.10 Å². The summed E-state index contributed by atoms with van der Waals surface area (Å²) < 4.78 is 0. The molecule has 1 rings (SSSR count). The van der Waals surface area contributed by atoms with Crippen LogP contribution in [0.25, 0.3) is 0 Å². The fourth-order valence-corrected chi connectivity index (χ4v) is 1.52. The fraction of sp³-hybridized carbons (Fsp3) is 0.100. The second-order valence-corrected chi connectivity index (χ2v) is 3.70. The first kappa shape index (κ1) is 12.3. The Hall–Kier alpha value is -1.75. The van der Waals surface area contributed by atoms with Crippen molar-refractivity contribution in [2.45, 2.75) is 0 Å². The maximum Gasteiger partial charge on any atom is 0.237 e. The van der Waals surface area contributed by atoms with E-state index in [4.69, 9.17) is 33.7 Å². The minimum Gasteiger partial charge on any atom is -0.267 e. The van der Waals surface area contributed by atoms with E-state index in [-0.39, 0.29) is 5.71 Å². The zero-order valence-electron chi connectivity index (χ0n) is 8.28. The molecule has 0 aliphatic carbocycles. The van der Waals surface area contributed by atoms with Crippen molar-refractivity contribution >= 4 is 34.6 Å². The van der Waals surface area contributed by atoms with Crippen molar-refractivity contribution < 1.29 is 0 Å². The van der Waals surface area contributed by atoms with Gasteiger partial charge >= 0.3 is 0 Å². The van der Waals surface area contributed by atoms with Gasteiger partial charge in [0.1, 0.15) is 12.1 Å². The van der Waals surface area contributed by atoms with Crippen LogP contribution in [0.4, 0.5) is 5.69 Å². The van der Waals surface area contributed by atoms with E-state index in [1.165, 1.54) is 5.01 Å². The highest BCUT2D eigenvalue weighted by atomic mass is 35.5. The third-order valence-corrected chi connectivity index (χ3v) is 2.12. The van der Waals surface area contributed by atoms with Gasteiger partial charge in [-0.1, -0.05) is 23.2 Å². The van der Waals surface area contributed by atoms with E-state index in [9.17, 15) is 0 Å². The lowest BCUT2D eigenvalue weighted by atomic mass is 10.3. The van der Waals surface area contributed by atoms with E-state index in [0.717, 1.165) is 0 Å². The van der Waals surface area contributed by atoms with Gasteiger partial charge in [0, 0.05) is 17.1 Å². The number of nitrogens with zero attached hydrogens (tertiary/aromatic N) is 4. The molecule has 6 heteroatoms. The maximum atomic E-state index is 8.55. The van der Waals surface area contributed by atoms with E-state index < -0.39 is 0 Å². The number of hydrazone groups is 1. The fourth-order valence-electron chi connectivity index (χ4n) is 1.00. The van der Waals surface area contributed by atoms with Gasteiger partial charge in [-0.3, -0.25) is 5.01 Å². The number of nitriles is 2. The lowest BCUT2D eigenvalue weighted by Crippen LogP contribution is -2.11. The van der Waals surface area contributed by atoms with Crippen LogP contribution in [-0.2, 0) is 0 Å². The smallest absolute Gasteiger partial charge is 0.237 e. The van der Waals surface area contributed by atoms with Gasteiger partial charge in [0.2, 0.25) is 5.71 Å². The Labute approximate surface area is 103 Å². The summed E-state index contributed by atoms with van der Waals surface area (Å²) in [5, 5.41) is 23.2. The normalized spacial score (nSPS) is 8.81. The Balaban J connectivity index is 3.07. The van der Waals surface area contributed by atoms with E-state index in [1.807, 2.05) is 0 Å². The Morgan fingerprint density at radius 1 is 1.19 bits per heavy atom. The molecule has 0 radical (unpaired) electrons. The van der Waals surface area contributed by atoms with E-state index >= 15 is 0 Å². The molecular weight excluding hydrogens is 247 g/mol. The van der Waals surface area contributed by atoms with E-state index in [0.29, 0.717) is 15.7 Å². The van der Waals surface area contributed by atoms with Gasteiger partial charge in [0.25, 0.3) is 0 Å². The standard InChI is InChI=1S/C10H6Cl2N4/c1-16(15-9(5-13)6-14)10-3-7(11)2-8(12)4-10/h2-4H,1H3. The van der Waals surface area contributed by atoms with Gasteiger partial charge < -0.3 is 0 Å². The van der Waals surface area contributed by atoms with E-state index in [1.54, 1.807) is 37.4 Å². The molecule has 1 aromatic carbocycles. The largest absolute Gasteiger partial charge is 0.267 e. The minimum atomic E-state index is -0.237. The van der Waals surface area contributed by atoms with Crippen molar-refractivity contribution in [2.75, 3.05) is 12.1 Å². The Morgan fingerprint density at radius 3 is 2.12 bits per heavy atom. The van der Waals surface area contributed by atoms with Crippen molar-refractivity contribution in [3.8, 4) is 12.1 Å². The molecule has 0 spiro atoms. The Bertz CT molecular complexity index is 474. The van der Waals surface area contributed by atoms with Crippen LogP contribution in [0.5, 0.6) is 0 Å². The lowest BCUT2D eigenvalue weighted by molar-refractivity contribution is 1.02. The van der Waals surface area contributed by atoms with Crippen LogP contribution >= 0.6 is 23.2 Å². The molecule has 0 aliphatic heterocycles. The van der Waals surface area contributed by atoms with Crippen molar-refractivity contribution in [3.63, 3.8) is 0 Å². The van der Waals surface area contributed by atoms with Crippen LogP contribution in [0.1, 0.15) is 0 Å². The molecule has 0 aromatic heterocycles. The number of halogens is 2. The molecule has 1 aromatic rings. The summed E-state index contributed by atoms with van der Waals surface area (Å²) >= 11 is 11.6. The van der Waals surface area contributed by atoms with Gasteiger partial charge in [-0.15, -0.1) is 0 Å². The van der Waals surface area contributed by atoms with Crippen molar-refractivity contribution in [3.05, 3.63) is 28.2 Å². The molecule has 0 bridgehead atoms. The zero-order valence-corrected chi connectivity index (χ0v) is 9.79. The molecule has 0 N–H and O–H groups in total. The van der Waals surface area contributed by atoms with Crippen LogP contribution in [0.3, 0.4) is 0 Å². The molecule has 0 atom stereocenters. The third-order valence-electron chi connectivity index (χ3n) is 1.68. The predicted molar refractivity (Wildman–Crippen MR) is 63.5 cm³/mol. The molecule has 0 amide bonds. The zero-order chi connectivity index (χ0) is 12.1. The van der Waals surface area contributed by atoms with Gasteiger partial charge in [0.15, 0.2) is 0 Å². The molecule has 0 fully saturated rings. The highest BCUT2D eigenvalue weighted by Crippen LogP contribution is 2.24. The second-order valence-electron chi connectivity index (χ2n) is 2.82. The molecule has 0 heterocycles. The molecule has 0 saturated carbocycles. The summed E-state index contributed by atoms with van der Waals surface area (Å²) in [7, 11) is 1.59. The summed E-state index contributed by atoms with van der Waals surface area (Å²) in [5.74, 6) is 0. The Morgan fingerprint density at radius 2 is 1.69 bits per heavy atom. The second kappa shape index (κ2) is 5.37. The average Bonchev–Trinajstić information content (AvgIpc) is 2.24. The van der Waals surface area contributed by atoms with Gasteiger partial charge in [-0.25, -0.2) is 0 Å². The number of rotatable bonds is 2. The highest BCUT2D eigenvalue weighted by Gasteiger charge is 2.04. The SMILES string of the molecule is CN(N=C(C#N)C#N)c1cc(Cl)cc(Cl)c1. The quantitative estimate of drug-likeness (QED) is 0.601. The van der Waals surface area contributed by atoms with Crippen molar-refractivity contribution in [1.29, 1.82) is 10.5 Å². The first-order valence-electron chi connectivity index (χ1n) is 4.15. The first-order chi connectivity index (χ1) is 7.56. The minimum absolute atomic E-state index is 0.237. The lowest BCUT2D eigenvalue weighted by Gasteiger charge is -2.13.